The van der Waals surface area contributed by atoms with Gasteiger partial charge in [-0.3, -0.25) is 0 Å². The van der Waals surface area contributed by atoms with E-state index in [4.69, 9.17) is 9.84 Å². The Balaban J connectivity index is 2.52. The summed E-state index contributed by atoms with van der Waals surface area (Å²) in [5, 5.41) is 9.06. The van der Waals surface area contributed by atoms with Crippen LogP contribution in [0.4, 0.5) is 0 Å². The van der Waals surface area contributed by atoms with Gasteiger partial charge in [-0.15, -0.1) is 0 Å². The molecule has 0 amide bonds. The lowest BCUT2D eigenvalue weighted by Crippen LogP contribution is -2.27. The van der Waals surface area contributed by atoms with E-state index >= 15 is 0 Å². The zero-order chi connectivity index (χ0) is 11.7. The molecule has 16 heavy (non-hydrogen) atoms. The van der Waals surface area contributed by atoms with Crippen LogP contribution in [0.2, 0.25) is 0 Å². The smallest absolute Gasteiger partial charge is 0.339 e. The van der Waals surface area contributed by atoms with Gasteiger partial charge in [0.2, 0.25) is 0 Å². The second kappa shape index (κ2) is 4.14. The van der Waals surface area contributed by atoms with Crippen molar-refractivity contribution < 1.29 is 14.6 Å². The molecule has 86 valence electrons. The van der Waals surface area contributed by atoms with Crippen LogP contribution in [0, 0.1) is 0 Å². The van der Waals surface area contributed by atoms with Gasteiger partial charge in [0.25, 0.3) is 0 Å². The second-order valence-corrected chi connectivity index (χ2v) is 4.08. The molecule has 4 heteroatoms. The molecule has 0 bridgehead atoms. The van der Waals surface area contributed by atoms with Gasteiger partial charge in [0, 0.05) is 18.7 Å². The number of rotatable bonds is 2. The summed E-state index contributed by atoms with van der Waals surface area (Å²) in [6.07, 6.45) is 0.843. The summed E-state index contributed by atoms with van der Waals surface area (Å²) < 4.78 is 5.24. The van der Waals surface area contributed by atoms with Crippen LogP contribution >= 0.6 is 0 Å². The molecule has 0 atom stereocenters. The fourth-order valence-corrected chi connectivity index (χ4v) is 2.16. The third kappa shape index (κ3) is 1.76. The maximum atomic E-state index is 11.0. The van der Waals surface area contributed by atoms with Crippen LogP contribution in [0.1, 0.15) is 21.5 Å². The Morgan fingerprint density at radius 3 is 2.88 bits per heavy atom. The van der Waals surface area contributed by atoms with Gasteiger partial charge in [0.15, 0.2) is 0 Å². The Kier molecular flexibility index (Phi) is 2.83. The molecule has 0 spiro atoms. The number of hydrogen-bond donors (Lipinski definition) is 1. The number of ether oxygens (including phenoxy) is 1. The molecule has 0 aliphatic carbocycles. The van der Waals surface area contributed by atoms with E-state index in [0.717, 1.165) is 30.6 Å². The predicted octanol–water partition coefficient (Wildman–Crippen LogP) is 1.38. The minimum atomic E-state index is -0.932. The molecule has 1 aliphatic rings. The van der Waals surface area contributed by atoms with Crippen molar-refractivity contribution in [1.82, 2.24) is 4.90 Å². The number of fused-ring (bicyclic) bond motifs is 1. The molecule has 0 unspecified atom stereocenters. The topological polar surface area (TPSA) is 49.8 Å². The van der Waals surface area contributed by atoms with Crippen LogP contribution in [-0.2, 0) is 13.0 Å². The van der Waals surface area contributed by atoms with Gasteiger partial charge in [-0.1, -0.05) is 6.07 Å². The largest absolute Gasteiger partial charge is 0.496 e. The fraction of sp³-hybridized carbons (Fsp3) is 0.417. The first kappa shape index (κ1) is 11.0. The maximum Gasteiger partial charge on any atom is 0.339 e. The maximum absolute atomic E-state index is 11.0. The van der Waals surface area contributed by atoms with Crippen LogP contribution in [0.3, 0.4) is 0 Å². The Morgan fingerprint density at radius 2 is 2.25 bits per heavy atom. The molecule has 1 heterocycles. The number of carbonyl (C=O) groups is 1. The third-order valence-corrected chi connectivity index (χ3v) is 2.98. The van der Waals surface area contributed by atoms with E-state index in [9.17, 15) is 4.79 Å². The monoisotopic (exact) mass is 221 g/mol. The molecule has 0 fully saturated rings. The molecule has 0 saturated carbocycles. The molecular formula is C12H15NO3. The van der Waals surface area contributed by atoms with Crippen LogP contribution in [0.15, 0.2) is 12.1 Å². The average Bonchev–Trinajstić information content (AvgIpc) is 2.26. The van der Waals surface area contributed by atoms with Crippen LogP contribution in [0.25, 0.3) is 0 Å². The lowest BCUT2D eigenvalue weighted by molar-refractivity contribution is 0.0693. The highest BCUT2D eigenvalue weighted by atomic mass is 16.5. The van der Waals surface area contributed by atoms with E-state index < -0.39 is 5.97 Å². The molecule has 1 aromatic carbocycles. The summed E-state index contributed by atoms with van der Waals surface area (Å²) in [6.45, 7) is 1.79. The molecule has 0 saturated heterocycles. The lowest BCUT2D eigenvalue weighted by atomic mass is 9.96. The summed E-state index contributed by atoms with van der Waals surface area (Å²) in [6, 6.07) is 3.51. The van der Waals surface area contributed by atoms with Crippen molar-refractivity contribution in [3.05, 3.63) is 28.8 Å². The SMILES string of the molecule is COc1c(C(=O)O)ccc2c1CCN(C)C2. The van der Waals surface area contributed by atoms with Crippen molar-refractivity contribution in [3.63, 3.8) is 0 Å². The summed E-state index contributed by atoms with van der Waals surface area (Å²) in [5.41, 5.74) is 2.46. The standard InChI is InChI=1S/C12H15NO3/c1-13-6-5-9-8(7-13)3-4-10(12(14)15)11(9)16-2/h3-4H,5-7H2,1-2H3,(H,14,15). The van der Waals surface area contributed by atoms with Crippen LogP contribution < -0.4 is 4.74 Å². The zero-order valence-corrected chi connectivity index (χ0v) is 9.49. The summed E-state index contributed by atoms with van der Waals surface area (Å²) in [4.78, 5) is 13.3. The second-order valence-electron chi connectivity index (χ2n) is 4.08. The first-order valence-electron chi connectivity index (χ1n) is 5.24. The van der Waals surface area contributed by atoms with E-state index in [1.165, 1.54) is 7.11 Å². The molecule has 1 aromatic rings. The highest BCUT2D eigenvalue weighted by molar-refractivity contribution is 5.91. The summed E-state index contributed by atoms with van der Waals surface area (Å²) in [5.74, 6) is -0.406. The van der Waals surface area contributed by atoms with E-state index in [0.29, 0.717) is 5.75 Å². The van der Waals surface area contributed by atoms with Crippen molar-refractivity contribution in [2.75, 3.05) is 20.7 Å². The molecule has 4 nitrogen and oxygen atoms in total. The zero-order valence-electron chi connectivity index (χ0n) is 9.49. The third-order valence-electron chi connectivity index (χ3n) is 2.98. The number of carboxylic acids is 1. The number of nitrogens with zero attached hydrogens (tertiary/aromatic N) is 1. The number of hydrogen-bond acceptors (Lipinski definition) is 3. The Hall–Kier alpha value is -1.55. The average molecular weight is 221 g/mol. The van der Waals surface area contributed by atoms with E-state index in [2.05, 4.69) is 11.9 Å². The molecular weight excluding hydrogens is 206 g/mol. The van der Waals surface area contributed by atoms with E-state index in [1.54, 1.807) is 6.07 Å². The van der Waals surface area contributed by atoms with Gasteiger partial charge < -0.3 is 14.7 Å². The fourth-order valence-electron chi connectivity index (χ4n) is 2.16. The van der Waals surface area contributed by atoms with E-state index in [-0.39, 0.29) is 5.56 Å². The minimum Gasteiger partial charge on any atom is -0.496 e. The highest BCUT2D eigenvalue weighted by Gasteiger charge is 2.21. The molecule has 0 radical (unpaired) electrons. The highest BCUT2D eigenvalue weighted by Crippen LogP contribution is 2.31. The van der Waals surface area contributed by atoms with Gasteiger partial charge in [0.1, 0.15) is 11.3 Å². The van der Waals surface area contributed by atoms with Gasteiger partial charge in [-0.05, 0) is 25.1 Å². The first-order valence-corrected chi connectivity index (χ1v) is 5.24. The van der Waals surface area contributed by atoms with Crippen LogP contribution in [-0.4, -0.2) is 36.7 Å². The van der Waals surface area contributed by atoms with Gasteiger partial charge in [0.05, 0.1) is 7.11 Å². The molecule has 1 N–H and O–H groups in total. The summed E-state index contributed by atoms with van der Waals surface area (Å²) >= 11 is 0. The molecule has 1 aliphatic heterocycles. The number of likely N-dealkylation sites (N-methyl/N-ethyl adjacent to an activating group) is 1. The number of aromatic carboxylic acids is 1. The number of methoxy groups -OCH3 is 1. The Morgan fingerprint density at radius 1 is 1.50 bits per heavy atom. The van der Waals surface area contributed by atoms with Gasteiger partial charge in [-0.25, -0.2) is 4.79 Å². The Labute approximate surface area is 94.4 Å². The van der Waals surface area contributed by atoms with Gasteiger partial charge >= 0.3 is 5.97 Å². The predicted molar refractivity (Wildman–Crippen MR) is 60.0 cm³/mol. The first-order chi connectivity index (χ1) is 7.63. The van der Waals surface area contributed by atoms with Crippen molar-refractivity contribution in [2.24, 2.45) is 0 Å². The summed E-state index contributed by atoms with van der Waals surface area (Å²) in [7, 11) is 3.58. The Bertz CT molecular complexity index is 429. The quantitative estimate of drug-likeness (QED) is 0.819. The molecule has 0 aromatic heterocycles. The lowest BCUT2D eigenvalue weighted by Gasteiger charge is -2.26. The number of carboxylic acid groups (broad SMARTS) is 1. The van der Waals surface area contributed by atoms with Crippen molar-refractivity contribution in [3.8, 4) is 5.75 Å². The van der Waals surface area contributed by atoms with Crippen LogP contribution in [0.5, 0.6) is 5.75 Å². The molecule has 2 rings (SSSR count). The normalized spacial score (nSPS) is 15.6. The van der Waals surface area contributed by atoms with Crippen molar-refractivity contribution in [1.29, 1.82) is 0 Å². The van der Waals surface area contributed by atoms with Crippen molar-refractivity contribution >= 4 is 5.97 Å². The number of benzene rings is 1. The minimum absolute atomic E-state index is 0.255. The van der Waals surface area contributed by atoms with Crippen molar-refractivity contribution in [2.45, 2.75) is 13.0 Å². The van der Waals surface area contributed by atoms with Gasteiger partial charge in [-0.2, -0.15) is 0 Å². The van der Waals surface area contributed by atoms with E-state index in [1.807, 2.05) is 6.07 Å².